The highest BCUT2D eigenvalue weighted by atomic mass is 32.2. The van der Waals surface area contributed by atoms with Crippen LogP contribution in [0.3, 0.4) is 0 Å². The molecule has 0 bridgehead atoms. The fourth-order valence-corrected chi connectivity index (χ4v) is 6.63. The number of carbonyl (C=O) groups excluding carboxylic acids is 1. The summed E-state index contributed by atoms with van der Waals surface area (Å²) in [6.07, 6.45) is 2.40. The second-order valence-corrected chi connectivity index (χ2v) is 9.53. The van der Waals surface area contributed by atoms with Crippen molar-refractivity contribution in [3.8, 4) is 0 Å². The van der Waals surface area contributed by atoms with Crippen LogP contribution >= 0.6 is 0 Å². The van der Waals surface area contributed by atoms with Crippen molar-refractivity contribution in [2.45, 2.75) is 64.0 Å². The lowest BCUT2D eigenvalue weighted by Gasteiger charge is -2.43. The minimum Gasteiger partial charge on any atom is -0.358 e. The Morgan fingerprint density at radius 1 is 1.11 bits per heavy atom. The molecule has 0 aromatic heterocycles. The summed E-state index contributed by atoms with van der Waals surface area (Å²) in [6.45, 7) is 9.49. The first-order valence-electron chi connectivity index (χ1n) is 9.74. The van der Waals surface area contributed by atoms with E-state index in [0.29, 0.717) is 50.4 Å². The van der Waals surface area contributed by atoms with Gasteiger partial charge < -0.3 is 9.64 Å². The molecule has 6 nitrogen and oxygen atoms in total. The SMILES string of the molecule is CCCC(=O)N1CCC2(CC1)OCCN2S(=O)(=O)c1c(C)cc(C)cc1C. The number of amides is 1. The Labute approximate surface area is 162 Å². The monoisotopic (exact) mass is 394 g/mol. The van der Waals surface area contributed by atoms with Crippen LogP contribution in [0.15, 0.2) is 17.0 Å². The summed E-state index contributed by atoms with van der Waals surface area (Å²) < 4.78 is 34.6. The molecule has 1 aromatic rings. The minimum absolute atomic E-state index is 0.143. The average Bonchev–Trinajstić information content (AvgIpc) is 2.98. The standard InChI is InChI=1S/C20H30N2O4S/c1-5-6-18(23)21-9-7-20(8-10-21)22(11-12-26-20)27(24,25)19-16(3)13-15(2)14-17(19)4/h13-14H,5-12H2,1-4H3. The molecule has 0 aliphatic carbocycles. The number of carbonyl (C=O) groups is 1. The lowest BCUT2D eigenvalue weighted by molar-refractivity contribution is -0.140. The molecule has 2 saturated heterocycles. The highest BCUT2D eigenvalue weighted by Crippen LogP contribution is 2.39. The Hall–Kier alpha value is -1.44. The number of hydrogen-bond donors (Lipinski definition) is 0. The van der Waals surface area contributed by atoms with Gasteiger partial charge in [0.25, 0.3) is 0 Å². The molecule has 0 unspecified atom stereocenters. The molecule has 0 N–H and O–H groups in total. The van der Waals surface area contributed by atoms with Gasteiger partial charge in [0.2, 0.25) is 15.9 Å². The molecule has 0 atom stereocenters. The highest BCUT2D eigenvalue weighted by Gasteiger charge is 2.51. The Morgan fingerprint density at radius 3 is 2.26 bits per heavy atom. The van der Waals surface area contributed by atoms with Gasteiger partial charge in [0.1, 0.15) is 5.72 Å². The van der Waals surface area contributed by atoms with Crippen molar-refractivity contribution >= 4 is 15.9 Å². The molecule has 7 heteroatoms. The summed E-state index contributed by atoms with van der Waals surface area (Å²) in [5.41, 5.74) is 1.76. The molecule has 0 saturated carbocycles. The van der Waals surface area contributed by atoms with Crippen LogP contribution in [0.5, 0.6) is 0 Å². The summed E-state index contributed by atoms with van der Waals surface area (Å²) in [4.78, 5) is 14.4. The van der Waals surface area contributed by atoms with Crippen LogP contribution in [0.1, 0.15) is 49.3 Å². The predicted molar refractivity (Wildman–Crippen MR) is 104 cm³/mol. The fourth-order valence-electron chi connectivity index (χ4n) is 4.49. The van der Waals surface area contributed by atoms with E-state index in [-0.39, 0.29) is 5.91 Å². The number of sulfonamides is 1. The van der Waals surface area contributed by atoms with Gasteiger partial charge in [-0.3, -0.25) is 4.79 Å². The van der Waals surface area contributed by atoms with Gasteiger partial charge >= 0.3 is 0 Å². The van der Waals surface area contributed by atoms with E-state index in [1.807, 2.05) is 44.7 Å². The average molecular weight is 395 g/mol. The molecule has 1 spiro atoms. The molecule has 1 aromatic carbocycles. The zero-order chi connectivity index (χ0) is 19.8. The van der Waals surface area contributed by atoms with Gasteiger partial charge in [0, 0.05) is 38.9 Å². The number of ether oxygens (including phenoxy) is 1. The molecule has 2 aliphatic heterocycles. The van der Waals surface area contributed by atoms with Gasteiger partial charge in [-0.15, -0.1) is 0 Å². The van der Waals surface area contributed by atoms with Crippen LogP contribution in [0.2, 0.25) is 0 Å². The smallest absolute Gasteiger partial charge is 0.246 e. The van der Waals surface area contributed by atoms with E-state index in [0.717, 1.165) is 23.1 Å². The molecule has 0 radical (unpaired) electrons. The van der Waals surface area contributed by atoms with Crippen LogP contribution in [0.4, 0.5) is 0 Å². The maximum Gasteiger partial charge on any atom is 0.246 e. The number of piperidine rings is 1. The highest BCUT2D eigenvalue weighted by molar-refractivity contribution is 7.89. The lowest BCUT2D eigenvalue weighted by atomic mass is 10.0. The number of rotatable bonds is 4. The molecule has 1 amide bonds. The second-order valence-electron chi connectivity index (χ2n) is 7.73. The summed E-state index contributed by atoms with van der Waals surface area (Å²) >= 11 is 0. The van der Waals surface area contributed by atoms with Crippen molar-refractivity contribution in [3.05, 3.63) is 28.8 Å². The van der Waals surface area contributed by atoms with Gasteiger partial charge in [-0.25, -0.2) is 8.42 Å². The van der Waals surface area contributed by atoms with Gasteiger partial charge in [0.05, 0.1) is 11.5 Å². The molecular weight excluding hydrogens is 364 g/mol. The quantitative estimate of drug-likeness (QED) is 0.788. The maximum atomic E-state index is 13.5. The number of nitrogens with zero attached hydrogens (tertiary/aromatic N) is 2. The van der Waals surface area contributed by atoms with Crippen LogP contribution in [-0.2, 0) is 19.6 Å². The minimum atomic E-state index is -3.67. The van der Waals surface area contributed by atoms with Crippen LogP contribution < -0.4 is 0 Å². The molecule has 27 heavy (non-hydrogen) atoms. The third-order valence-corrected chi connectivity index (χ3v) is 7.89. The van der Waals surface area contributed by atoms with Gasteiger partial charge in [-0.05, 0) is 38.3 Å². The third kappa shape index (κ3) is 3.65. The molecule has 150 valence electrons. The molecule has 2 heterocycles. The number of hydrogen-bond acceptors (Lipinski definition) is 4. The molecule has 2 aliphatic rings. The van der Waals surface area contributed by atoms with E-state index >= 15 is 0 Å². The summed E-state index contributed by atoms with van der Waals surface area (Å²) in [6, 6.07) is 3.82. The normalized spacial score (nSPS) is 20.4. The zero-order valence-corrected chi connectivity index (χ0v) is 17.6. The van der Waals surface area contributed by atoms with Crippen molar-refractivity contribution in [3.63, 3.8) is 0 Å². The van der Waals surface area contributed by atoms with E-state index in [1.165, 1.54) is 0 Å². The summed E-state index contributed by atoms with van der Waals surface area (Å²) in [5.74, 6) is 0.143. The number of benzene rings is 1. The van der Waals surface area contributed by atoms with Crippen molar-refractivity contribution < 1.29 is 17.9 Å². The lowest BCUT2D eigenvalue weighted by Crippen LogP contribution is -2.55. The predicted octanol–water partition coefficient (Wildman–Crippen LogP) is 2.75. The Morgan fingerprint density at radius 2 is 1.70 bits per heavy atom. The zero-order valence-electron chi connectivity index (χ0n) is 16.7. The van der Waals surface area contributed by atoms with E-state index in [9.17, 15) is 13.2 Å². The third-order valence-electron chi connectivity index (χ3n) is 5.63. The van der Waals surface area contributed by atoms with Crippen molar-refractivity contribution in [1.82, 2.24) is 9.21 Å². The molecule has 2 fully saturated rings. The van der Waals surface area contributed by atoms with Crippen molar-refractivity contribution in [1.29, 1.82) is 0 Å². The molecular formula is C20H30N2O4S. The second kappa shape index (κ2) is 7.53. The first kappa shape index (κ1) is 20.3. The van der Waals surface area contributed by atoms with Gasteiger partial charge in [-0.2, -0.15) is 4.31 Å². The summed E-state index contributed by atoms with van der Waals surface area (Å²) in [7, 11) is -3.67. The van der Waals surface area contributed by atoms with E-state index in [2.05, 4.69) is 0 Å². The van der Waals surface area contributed by atoms with Crippen LogP contribution in [0.25, 0.3) is 0 Å². The maximum absolute atomic E-state index is 13.5. The largest absolute Gasteiger partial charge is 0.358 e. The topological polar surface area (TPSA) is 66.9 Å². The van der Waals surface area contributed by atoms with Crippen molar-refractivity contribution in [2.75, 3.05) is 26.2 Å². The Kier molecular flexibility index (Phi) is 5.66. The van der Waals surface area contributed by atoms with Gasteiger partial charge in [0.15, 0.2) is 0 Å². The molecule has 3 rings (SSSR count). The van der Waals surface area contributed by atoms with E-state index in [4.69, 9.17) is 4.74 Å². The van der Waals surface area contributed by atoms with Crippen LogP contribution in [0, 0.1) is 20.8 Å². The van der Waals surface area contributed by atoms with Crippen molar-refractivity contribution in [2.24, 2.45) is 0 Å². The number of likely N-dealkylation sites (tertiary alicyclic amines) is 1. The fraction of sp³-hybridized carbons (Fsp3) is 0.650. The first-order chi connectivity index (χ1) is 12.7. The Bertz CT molecular complexity index is 803. The number of aryl methyl sites for hydroxylation is 3. The van der Waals surface area contributed by atoms with Crippen LogP contribution in [-0.4, -0.2) is 55.5 Å². The van der Waals surface area contributed by atoms with Gasteiger partial charge in [-0.1, -0.05) is 24.6 Å². The first-order valence-corrected chi connectivity index (χ1v) is 11.2. The van der Waals surface area contributed by atoms with E-state index in [1.54, 1.807) is 4.31 Å². The van der Waals surface area contributed by atoms with E-state index < -0.39 is 15.7 Å². The Balaban J connectivity index is 1.88. The summed E-state index contributed by atoms with van der Waals surface area (Å²) in [5, 5.41) is 0.